The largest absolute Gasteiger partial charge is 0.389 e. The van der Waals surface area contributed by atoms with Crippen molar-refractivity contribution in [1.82, 2.24) is 10.3 Å². The van der Waals surface area contributed by atoms with E-state index < -0.39 is 0 Å². The van der Waals surface area contributed by atoms with Crippen LogP contribution in [-0.2, 0) is 4.79 Å². The first-order valence-corrected chi connectivity index (χ1v) is 7.64. The second kappa shape index (κ2) is 6.85. The summed E-state index contributed by atoms with van der Waals surface area (Å²) in [6.45, 7) is 6.16. The van der Waals surface area contributed by atoms with Crippen LogP contribution in [0.25, 0.3) is 0 Å². The maximum absolute atomic E-state index is 11.0. The van der Waals surface area contributed by atoms with E-state index in [4.69, 9.17) is 18.0 Å². The minimum atomic E-state index is 0.0406. The summed E-state index contributed by atoms with van der Waals surface area (Å²) in [4.78, 5) is 18.2. The Labute approximate surface area is 130 Å². The van der Waals surface area contributed by atoms with Crippen LogP contribution in [0.4, 0.5) is 5.82 Å². The molecule has 1 aromatic rings. The highest BCUT2D eigenvalue weighted by Gasteiger charge is 2.20. The van der Waals surface area contributed by atoms with E-state index in [0.717, 1.165) is 49.6 Å². The fraction of sp³-hybridized carbons (Fsp3) is 0.533. The van der Waals surface area contributed by atoms with Gasteiger partial charge in [-0.05, 0) is 37.8 Å². The summed E-state index contributed by atoms with van der Waals surface area (Å²) in [6, 6.07) is 3.87. The van der Waals surface area contributed by atoms with Crippen molar-refractivity contribution in [3.8, 4) is 0 Å². The third-order valence-electron chi connectivity index (χ3n) is 3.80. The lowest BCUT2D eigenvalue weighted by Crippen LogP contribution is -2.38. The Morgan fingerprint density at radius 2 is 2.14 bits per heavy atom. The summed E-state index contributed by atoms with van der Waals surface area (Å²) in [5.41, 5.74) is 7.51. The Bertz CT molecular complexity index is 538. The maximum Gasteiger partial charge on any atom is 0.216 e. The van der Waals surface area contributed by atoms with Gasteiger partial charge < -0.3 is 16.0 Å². The van der Waals surface area contributed by atoms with Gasteiger partial charge in [-0.25, -0.2) is 4.98 Å². The molecule has 1 aliphatic heterocycles. The molecule has 3 N–H and O–H groups in total. The van der Waals surface area contributed by atoms with Crippen molar-refractivity contribution in [1.29, 1.82) is 0 Å². The zero-order chi connectivity index (χ0) is 15.4. The molecule has 1 aliphatic rings. The lowest BCUT2D eigenvalue weighted by Gasteiger charge is -2.33. The average molecular weight is 306 g/mol. The number of aryl methyl sites for hydroxylation is 1. The molecule has 0 unspecified atom stereocenters. The van der Waals surface area contributed by atoms with Crippen molar-refractivity contribution in [2.75, 3.05) is 24.5 Å². The monoisotopic (exact) mass is 306 g/mol. The first-order valence-electron chi connectivity index (χ1n) is 7.23. The minimum Gasteiger partial charge on any atom is -0.389 e. The highest BCUT2D eigenvalue weighted by molar-refractivity contribution is 7.80. The Hall–Kier alpha value is -1.69. The smallest absolute Gasteiger partial charge is 0.216 e. The molecule has 0 radical (unpaired) electrons. The molecule has 1 amide bonds. The zero-order valence-corrected chi connectivity index (χ0v) is 13.4. The second-order valence-electron chi connectivity index (χ2n) is 5.59. The minimum absolute atomic E-state index is 0.0406. The summed E-state index contributed by atoms with van der Waals surface area (Å²) >= 11 is 5.05. The molecule has 2 rings (SSSR count). The van der Waals surface area contributed by atoms with E-state index in [9.17, 15) is 4.79 Å². The van der Waals surface area contributed by atoms with Gasteiger partial charge in [-0.15, -0.1) is 0 Å². The topological polar surface area (TPSA) is 71.2 Å². The SMILES string of the molecule is CC(=O)NCC1CCN(c2cc(C(N)=S)cc(C)n2)CC1. The molecule has 0 spiro atoms. The molecule has 6 heteroatoms. The second-order valence-corrected chi connectivity index (χ2v) is 6.03. The van der Waals surface area contributed by atoms with Crippen molar-refractivity contribution in [2.45, 2.75) is 26.7 Å². The first-order chi connectivity index (χ1) is 9.95. The van der Waals surface area contributed by atoms with Gasteiger partial charge in [-0.2, -0.15) is 0 Å². The van der Waals surface area contributed by atoms with Crippen molar-refractivity contribution in [3.63, 3.8) is 0 Å². The van der Waals surface area contributed by atoms with Gasteiger partial charge in [0.25, 0.3) is 0 Å². The molecule has 1 saturated heterocycles. The predicted molar refractivity (Wildman–Crippen MR) is 88.5 cm³/mol. The van der Waals surface area contributed by atoms with Crippen LogP contribution < -0.4 is 16.0 Å². The number of nitrogens with zero attached hydrogens (tertiary/aromatic N) is 2. The predicted octanol–water partition coefficient (Wildman–Crippen LogP) is 1.38. The van der Waals surface area contributed by atoms with Crippen LogP contribution in [-0.4, -0.2) is 35.5 Å². The maximum atomic E-state index is 11.0. The van der Waals surface area contributed by atoms with Crippen LogP contribution in [0.15, 0.2) is 12.1 Å². The standard InChI is InChI=1S/C15H22N4OS/c1-10-7-13(15(16)21)8-14(18-10)19-5-3-12(4-6-19)9-17-11(2)20/h7-8,12H,3-6,9H2,1-2H3,(H2,16,21)(H,17,20). The van der Waals surface area contributed by atoms with Crippen LogP contribution in [0.5, 0.6) is 0 Å². The molecule has 0 saturated carbocycles. The molecular formula is C15H22N4OS. The summed E-state index contributed by atoms with van der Waals surface area (Å²) in [7, 11) is 0. The number of carbonyl (C=O) groups excluding carboxylic acids is 1. The quantitative estimate of drug-likeness (QED) is 0.822. The number of hydrogen-bond acceptors (Lipinski definition) is 4. The highest BCUT2D eigenvalue weighted by atomic mass is 32.1. The number of hydrogen-bond donors (Lipinski definition) is 2. The third-order valence-corrected chi connectivity index (χ3v) is 4.04. The third kappa shape index (κ3) is 4.39. The lowest BCUT2D eigenvalue weighted by atomic mass is 9.96. The molecule has 21 heavy (non-hydrogen) atoms. The van der Waals surface area contributed by atoms with Gasteiger partial charge in [-0.3, -0.25) is 4.79 Å². The summed E-state index contributed by atoms with van der Waals surface area (Å²) in [6.07, 6.45) is 2.11. The fourth-order valence-electron chi connectivity index (χ4n) is 2.61. The number of nitrogens with two attached hydrogens (primary N) is 1. The van der Waals surface area contributed by atoms with Gasteiger partial charge in [-0.1, -0.05) is 12.2 Å². The number of rotatable bonds is 4. The number of piperidine rings is 1. The Morgan fingerprint density at radius 1 is 1.48 bits per heavy atom. The number of carbonyl (C=O) groups is 1. The molecule has 0 atom stereocenters. The van der Waals surface area contributed by atoms with E-state index in [-0.39, 0.29) is 5.91 Å². The van der Waals surface area contributed by atoms with Crippen molar-refractivity contribution >= 4 is 28.9 Å². The molecule has 1 fully saturated rings. The van der Waals surface area contributed by atoms with E-state index in [2.05, 4.69) is 15.2 Å². The molecular weight excluding hydrogens is 284 g/mol. The molecule has 0 aromatic carbocycles. The summed E-state index contributed by atoms with van der Waals surface area (Å²) < 4.78 is 0. The number of anilines is 1. The van der Waals surface area contributed by atoms with E-state index >= 15 is 0 Å². The molecule has 2 heterocycles. The molecule has 5 nitrogen and oxygen atoms in total. The van der Waals surface area contributed by atoms with Crippen molar-refractivity contribution in [2.24, 2.45) is 11.7 Å². The Kier molecular flexibility index (Phi) is 5.12. The number of thiocarbonyl (C=S) groups is 1. The van der Waals surface area contributed by atoms with Crippen molar-refractivity contribution in [3.05, 3.63) is 23.4 Å². The van der Waals surface area contributed by atoms with Gasteiger partial charge in [0.2, 0.25) is 5.91 Å². The average Bonchev–Trinajstić information content (AvgIpc) is 2.45. The van der Waals surface area contributed by atoms with Crippen LogP contribution in [0.3, 0.4) is 0 Å². The number of amides is 1. The fourth-order valence-corrected chi connectivity index (χ4v) is 2.73. The van der Waals surface area contributed by atoms with Crippen molar-refractivity contribution < 1.29 is 4.79 Å². The van der Waals surface area contributed by atoms with E-state index in [1.54, 1.807) is 6.92 Å². The van der Waals surface area contributed by atoms with Gasteiger partial charge in [0.15, 0.2) is 0 Å². The Morgan fingerprint density at radius 3 is 2.71 bits per heavy atom. The van der Waals surface area contributed by atoms with Gasteiger partial charge in [0.05, 0.1) is 0 Å². The van der Waals surface area contributed by atoms with Crippen LogP contribution in [0.2, 0.25) is 0 Å². The van der Waals surface area contributed by atoms with Crippen LogP contribution in [0, 0.1) is 12.8 Å². The molecule has 1 aromatic heterocycles. The molecule has 0 aliphatic carbocycles. The lowest BCUT2D eigenvalue weighted by molar-refractivity contribution is -0.119. The number of nitrogens with one attached hydrogen (secondary N) is 1. The summed E-state index contributed by atoms with van der Waals surface area (Å²) in [5.74, 6) is 1.53. The first kappa shape index (κ1) is 15.7. The highest BCUT2D eigenvalue weighted by Crippen LogP contribution is 2.22. The van der Waals surface area contributed by atoms with E-state index in [0.29, 0.717) is 10.9 Å². The van der Waals surface area contributed by atoms with Gasteiger partial charge in [0, 0.05) is 37.8 Å². The molecule has 114 valence electrons. The van der Waals surface area contributed by atoms with E-state index in [1.807, 2.05) is 19.1 Å². The van der Waals surface area contributed by atoms with E-state index in [1.165, 1.54) is 0 Å². The molecule has 0 bridgehead atoms. The van der Waals surface area contributed by atoms with Gasteiger partial charge >= 0.3 is 0 Å². The van der Waals surface area contributed by atoms with Crippen LogP contribution >= 0.6 is 12.2 Å². The number of aromatic nitrogens is 1. The zero-order valence-electron chi connectivity index (χ0n) is 12.6. The Balaban J connectivity index is 1.99. The number of pyridine rings is 1. The van der Waals surface area contributed by atoms with Crippen LogP contribution in [0.1, 0.15) is 31.0 Å². The normalized spacial score (nSPS) is 15.8. The summed E-state index contributed by atoms with van der Waals surface area (Å²) in [5, 5.41) is 2.90. The van der Waals surface area contributed by atoms with Gasteiger partial charge in [0.1, 0.15) is 10.8 Å².